The first-order chi connectivity index (χ1) is 9.99. The predicted molar refractivity (Wildman–Crippen MR) is 82.0 cm³/mol. The Morgan fingerprint density at radius 2 is 2.14 bits per heavy atom. The summed E-state index contributed by atoms with van der Waals surface area (Å²) in [5.74, 6) is 0.357. The quantitative estimate of drug-likeness (QED) is 0.802. The number of rotatable bonds is 4. The van der Waals surface area contributed by atoms with Gasteiger partial charge in [-0.15, -0.1) is 0 Å². The van der Waals surface area contributed by atoms with Gasteiger partial charge >= 0.3 is 0 Å². The van der Waals surface area contributed by atoms with Gasteiger partial charge in [-0.05, 0) is 51.3 Å². The lowest BCUT2D eigenvalue weighted by Gasteiger charge is -2.33. The second-order valence-corrected chi connectivity index (χ2v) is 5.83. The van der Waals surface area contributed by atoms with E-state index in [1.54, 1.807) is 18.2 Å². The molecule has 5 heteroatoms. The minimum atomic E-state index is -0.0540. The largest absolute Gasteiger partial charge is 0.482 e. The fraction of sp³-hybridized carbons (Fsp3) is 0.500. The van der Waals surface area contributed by atoms with Crippen molar-refractivity contribution in [3.05, 3.63) is 28.8 Å². The van der Waals surface area contributed by atoms with Gasteiger partial charge in [0.2, 0.25) is 0 Å². The summed E-state index contributed by atoms with van der Waals surface area (Å²) in [4.78, 5) is 25.3. The van der Waals surface area contributed by atoms with Gasteiger partial charge in [0.25, 0.3) is 5.91 Å². The van der Waals surface area contributed by atoms with Crippen LogP contribution in [-0.2, 0) is 4.79 Å². The van der Waals surface area contributed by atoms with Gasteiger partial charge in [0.1, 0.15) is 5.75 Å². The second-order valence-electron chi connectivity index (χ2n) is 5.42. The van der Waals surface area contributed by atoms with Gasteiger partial charge in [0.05, 0.1) is 5.02 Å². The van der Waals surface area contributed by atoms with Crippen molar-refractivity contribution in [1.29, 1.82) is 0 Å². The first-order valence-corrected chi connectivity index (χ1v) is 7.59. The third kappa shape index (κ3) is 3.97. The lowest BCUT2D eigenvalue weighted by Crippen LogP contribution is -2.44. The van der Waals surface area contributed by atoms with Gasteiger partial charge in [0.15, 0.2) is 12.4 Å². The third-order valence-corrected chi connectivity index (χ3v) is 4.11. The predicted octanol–water partition coefficient (Wildman–Crippen LogP) is 3.32. The van der Waals surface area contributed by atoms with E-state index in [-0.39, 0.29) is 24.3 Å². The fourth-order valence-corrected chi connectivity index (χ4v) is 2.76. The number of piperidine rings is 1. The van der Waals surface area contributed by atoms with Gasteiger partial charge in [0, 0.05) is 18.2 Å². The molecule has 0 aromatic heterocycles. The normalized spacial score (nSPS) is 18.4. The highest BCUT2D eigenvalue weighted by Gasteiger charge is 2.23. The molecule has 2 rings (SSSR count). The Kier molecular flexibility index (Phi) is 5.23. The fourth-order valence-electron chi connectivity index (χ4n) is 2.53. The molecule has 1 heterocycles. The molecule has 0 N–H and O–H groups in total. The number of likely N-dealkylation sites (tertiary alicyclic amines) is 1. The number of amides is 1. The molecule has 1 amide bonds. The van der Waals surface area contributed by atoms with E-state index in [4.69, 9.17) is 16.3 Å². The van der Waals surface area contributed by atoms with Gasteiger partial charge in [-0.2, -0.15) is 0 Å². The van der Waals surface area contributed by atoms with Gasteiger partial charge in [-0.25, -0.2) is 0 Å². The van der Waals surface area contributed by atoms with Crippen molar-refractivity contribution < 1.29 is 14.3 Å². The number of halogens is 1. The summed E-state index contributed by atoms with van der Waals surface area (Å²) >= 11 is 6.07. The van der Waals surface area contributed by atoms with Crippen LogP contribution in [0, 0.1) is 0 Å². The number of carbonyl (C=O) groups excluding carboxylic acids is 2. The third-order valence-electron chi connectivity index (χ3n) is 3.81. The SMILES string of the molecule is CC(=O)c1ccc(OCC(=O)N2CCCC[C@H]2C)c(Cl)c1. The van der Waals surface area contributed by atoms with Crippen molar-refractivity contribution in [2.75, 3.05) is 13.2 Å². The lowest BCUT2D eigenvalue weighted by molar-refractivity contribution is -0.136. The topological polar surface area (TPSA) is 46.6 Å². The summed E-state index contributed by atoms with van der Waals surface area (Å²) in [5.41, 5.74) is 0.531. The van der Waals surface area contributed by atoms with Crippen LogP contribution in [0.3, 0.4) is 0 Å². The van der Waals surface area contributed by atoms with Crippen LogP contribution in [0.25, 0.3) is 0 Å². The monoisotopic (exact) mass is 309 g/mol. The number of hydrogen-bond donors (Lipinski definition) is 0. The number of benzene rings is 1. The van der Waals surface area contributed by atoms with Crippen LogP contribution >= 0.6 is 11.6 Å². The van der Waals surface area contributed by atoms with E-state index >= 15 is 0 Å². The highest BCUT2D eigenvalue weighted by Crippen LogP contribution is 2.26. The van der Waals surface area contributed by atoms with Crippen molar-refractivity contribution in [2.24, 2.45) is 0 Å². The lowest BCUT2D eigenvalue weighted by atomic mass is 10.0. The second kappa shape index (κ2) is 6.94. The smallest absolute Gasteiger partial charge is 0.260 e. The first-order valence-electron chi connectivity index (χ1n) is 7.22. The van der Waals surface area contributed by atoms with E-state index < -0.39 is 0 Å². The van der Waals surface area contributed by atoms with Crippen LogP contribution in [0.15, 0.2) is 18.2 Å². The Morgan fingerprint density at radius 3 is 2.76 bits per heavy atom. The zero-order valence-electron chi connectivity index (χ0n) is 12.4. The summed E-state index contributed by atoms with van der Waals surface area (Å²) in [6.07, 6.45) is 3.26. The summed E-state index contributed by atoms with van der Waals surface area (Å²) in [7, 11) is 0. The zero-order chi connectivity index (χ0) is 15.4. The Bertz CT molecular complexity index is 544. The van der Waals surface area contributed by atoms with Crippen LogP contribution in [0.1, 0.15) is 43.5 Å². The molecule has 1 aromatic carbocycles. The number of ether oxygens (including phenoxy) is 1. The van der Waals surface area contributed by atoms with Crippen LogP contribution < -0.4 is 4.74 Å². The molecule has 0 bridgehead atoms. The van der Waals surface area contributed by atoms with E-state index in [1.165, 1.54) is 13.3 Å². The van der Waals surface area contributed by atoms with E-state index in [0.29, 0.717) is 16.3 Å². The summed E-state index contributed by atoms with van der Waals surface area (Å²) in [6.45, 7) is 4.31. The number of Topliss-reactive ketones (excluding diaryl/α,β-unsaturated/α-hetero) is 1. The molecule has 21 heavy (non-hydrogen) atoms. The number of ketones is 1. The maximum Gasteiger partial charge on any atom is 0.260 e. The maximum absolute atomic E-state index is 12.2. The molecule has 4 nitrogen and oxygen atoms in total. The molecular weight excluding hydrogens is 290 g/mol. The van der Waals surface area contributed by atoms with Crippen LogP contribution in [-0.4, -0.2) is 35.8 Å². The van der Waals surface area contributed by atoms with Gasteiger partial charge < -0.3 is 9.64 Å². The van der Waals surface area contributed by atoms with Crippen molar-refractivity contribution in [2.45, 2.75) is 39.2 Å². The van der Waals surface area contributed by atoms with E-state index in [9.17, 15) is 9.59 Å². The van der Waals surface area contributed by atoms with Crippen LogP contribution in [0.4, 0.5) is 0 Å². The Labute approximate surface area is 130 Å². The molecule has 1 fully saturated rings. The molecule has 0 radical (unpaired) electrons. The summed E-state index contributed by atoms with van der Waals surface area (Å²) < 4.78 is 5.50. The maximum atomic E-state index is 12.2. The molecule has 1 aliphatic heterocycles. The summed E-state index contributed by atoms with van der Waals surface area (Å²) in [5, 5.41) is 0.349. The highest BCUT2D eigenvalue weighted by atomic mass is 35.5. The Balaban J connectivity index is 1.96. The molecule has 0 saturated carbocycles. The van der Waals surface area contributed by atoms with Crippen molar-refractivity contribution >= 4 is 23.3 Å². The van der Waals surface area contributed by atoms with Crippen LogP contribution in [0.5, 0.6) is 5.75 Å². The molecule has 0 unspecified atom stereocenters. The molecule has 1 aromatic rings. The minimum Gasteiger partial charge on any atom is -0.482 e. The molecule has 114 valence electrons. The van der Waals surface area contributed by atoms with Crippen molar-refractivity contribution in [3.8, 4) is 5.75 Å². The molecule has 1 atom stereocenters. The van der Waals surface area contributed by atoms with E-state index in [0.717, 1.165) is 19.4 Å². The average Bonchev–Trinajstić information content (AvgIpc) is 2.46. The Hall–Kier alpha value is -1.55. The molecule has 1 saturated heterocycles. The first kappa shape index (κ1) is 15.8. The molecular formula is C16H20ClNO3. The van der Waals surface area contributed by atoms with Crippen LogP contribution in [0.2, 0.25) is 5.02 Å². The zero-order valence-corrected chi connectivity index (χ0v) is 13.2. The summed E-state index contributed by atoms with van der Waals surface area (Å²) in [6, 6.07) is 5.11. The van der Waals surface area contributed by atoms with Crippen molar-refractivity contribution in [1.82, 2.24) is 4.90 Å². The molecule has 0 spiro atoms. The number of hydrogen-bond acceptors (Lipinski definition) is 3. The highest BCUT2D eigenvalue weighted by molar-refractivity contribution is 6.32. The number of nitrogens with zero attached hydrogens (tertiary/aromatic N) is 1. The van der Waals surface area contributed by atoms with Crippen molar-refractivity contribution in [3.63, 3.8) is 0 Å². The van der Waals surface area contributed by atoms with Gasteiger partial charge in [-0.1, -0.05) is 11.6 Å². The van der Waals surface area contributed by atoms with E-state index in [2.05, 4.69) is 6.92 Å². The van der Waals surface area contributed by atoms with Gasteiger partial charge in [-0.3, -0.25) is 9.59 Å². The molecule has 1 aliphatic rings. The molecule has 0 aliphatic carbocycles. The Morgan fingerprint density at radius 1 is 1.38 bits per heavy atom. The average molecular weight is 310 g/mol. The minimum absolute atomic E-state index is 0.0195. The standard InChI is InChI=1S/C16H20ClNO3/c1-11-5-3-4-8-18(11)16(20)10-21-15-7-6-13(12(2)19)9-14(15)17/h6-7,9,11H,3-5,8,10H2,1-2H3/t11-/m1/s1. The number of carbonyl (C=O) groups is 2. The van der Waals surface area contributed by atoms with E-state index in [1.807, 2.05) is 4.90 Å².